The fraction of sp³-hybridized carbons (Fsp3) is 0.529. The monoisotopic (exact) mass is 391 g/mol. The van der Waals surface area contributed by atoms with E-state index in [2.05, 4.69) is 5.10 Å². The van der Waals surface area contributed by atoms with Crippen LogP contribution in [0, 0.1) is 22.7 Å². The zero-order chi connectivity index (χ0) is 20.6. The van der Waals surface area contributed by atoms with Crippen molar-refractivity contribution in [3.05, 3.63) is 29.6 Å². The molecule has 0 aliphatic carbocycles. The molecular formula is C17H21N5O6. The molecule has 150 valence electrons. The summed E-state index contributed by atoms with van der Waals surface area (Å²) in [6.07, 6.45) is -2.93. The SMILES string of the molecule is CC(C)C(=O)OCn1cnn2c([C@@H]3O[C@](C#N)(CO)[C@@H](O)[C@H]3O)ccc2c1=N. The third kappa shape index (κ3) is 3.06. The summed E-state index contributed by atoms with van der Waals surface area (Å²) in [6, 6.07) is 4.80. The van der Waals surface area contributed by atoms with E-state index in [0.717, 1.165) is 0 Å². The molecule has 0 bridgehead atoms. The van der Waals surface area contributed by atoms with Gasteiger partial charge in [0.05, 0.1) is 18.2 Å². The Kier molecular flexibility index (Phi) is 5.22. The Morgan fingerprint density at radius 3 is 2.79 bits per heavy atom. The van der Waals surface area contributed by atoms with E-state index in [1.165, 1.54) is 21.5 Å². The number of aliphatic hydroxyl groups is 3. The van der Waals surface area contributed by atoms with E-state index >= 15 is 0 Å². The van der Waals surface area contributed by atoms with Crippen molar-refractivity contribution >= 4 is 11.5 Å². The lowest BCUT2D eigenvalue weighted by Gasteiger charge is -2.21. The molecule has 1 aliphatic rings. The number of nitrogens with one attached hydrogen (secondary N) is 1. The van der Waals surface area contributed by atoms with Crippen LogP contribution in [0.2, 0.25) is 0 Å². The highest BCUT2D eigenvalue weighted by atomic mass is 16.6. The molecule has 0 spiro atoms. The van der Waals surface area contributed by atoms with Gasteiger partial charge in [-0.1, -0.05) is 13.8 Å². The van der Waals surface area contributed by atoms with Crippen molar-refractivity contribution < 1.29 is 29.6 Å². The van der Waals surface area contributed by atoms with Gasteiger partial charge in [0.1, 0.15) is 36.2 Å². The van der Waals surface area contributed by atoms with Gasteiger partial charge in [-0.25, -0.2) is 4.52 Å². The first-order chi connectivity index (χ1) is 13.3. The number of fused-ring (bicyclic) bond motifs is 1. The number of carbonyl (C=O) groups excluding carboxylic acids is 1. The minimum atomic E-state index is -1.95. The lowest BCUT2D eigenvalue weighted by atomic mass is 9.96. The van der Waals surface area contributed by atoms with Crippen molar-refractivity contribution in [1.29, 1.82) is 10.7 Å². The highest BCUT2D eigenvalue weighted by Crippen LogP contribution is 2.39. The van der Waals surface area contributed by atoms with Gasteiger partial charge in [-0.05, 0) is 12.1 Å². The Bertz CT molecular complexity index is 992. The van der Waals surface area contributed by atoms with Gasteiger partial charge in [0, 0.05) is 0 Å². The molecule has 1 fully saturated rings. The summed E-state index contributed by atoms with van der Waals surface area (Å²) >= 11 is 0. The summed E-state index contributed by atoms with van der Waals surface area (Å²) < 4.78 is 13.3. The fourth-order valence-corrected chi connectivity index (χ4v) is 2.99. The van der Waals surface area contributed by atoms with Crippen LogP contribution in [0.1, 0.15) is 25.6 Å². The van der Waals surface area contributed by atoms with Crippen LogP contribution in [0.15, 0.2) is 18.5 Å². The predicted molar refractivity (Wildman–Crippen MR) is 91.2 cm³/mol. The number of esters is 1. The number of aromatic nitrogens is 3. The van der Waals surface area contributed by atoms with Gasteiger partial charge in [-0.3, -0.25) is 14.8 Å². The normalized spacial score (nSPS) is 27.2. The molecule has 2 aromatic heterocycles. The molecule has 2 aromatic rings. The quantitative estimate of drug-likeness (QED) is 0.462. The van der Waals surface area contributed by atoms with Gasteiger partial charge in [-0.2, -0.15) is 10.4 Å². The average Bonchev–Trinajstić information content (AvgIpc) is 3.22. The number of hydrogen-bond donors (Lipinski definition) is 4. The van der Waals surface area contributed by atoms with E-state index in [1.807, 2.05) is 0 Å². The molecule has 28 heavy (non-hydrogen) atoms. The molecule has 0 unspecified atom stereocenters. The van der Waals surface area contributed by atoms with Crippen molar-refractivity contribution in [2.45, 2.75) is 44.5 Å². The first-order valence-corrected chi connectivity index (χ1v) is 8.60. The molecule has 11 heteroatoms. The molecular weight excluding hydrogens is 370 g/mol. The minimum Gasteiger partial charge on any atom is -0.444 e. The Balaban J connectivity index is 1.93. The number of hydrogen-bond acceptors (Lipinski definition) is 9. The molecule has 4 atom stereocenters. The largest absolute Gasteiger partial charge is 0.444 e. The number of carbonyl (C=O) groups is 1. The second-order valence-corrected chi connectivity index (χ2v) is 6.89. The lowest BCUT2D eigenvalue weighted by Crippen LogP contribution is -2.44. The second-order valence-electron chi connectivity index (χ2n) is 6.89. The molecule has 1 aliphatic heterocycles. The Labute approximate surface area is 159 Å². The van der Waals surface area contributed by atoms with Crippen molar-refractivity contribution in [3.8, 4) is 6.07 Å². The number of aliphatic hydroxyl groups excluding tert-OH is 3. The van der Waals surface area contributed by atoms with Crippen LogP contribution in [0.3, 0.4) is 0 Å². The molecule has 4 N–H and O–H groups in total. The summed E-state index contributed by atoms with van der Waals surface area (Å²) in [5, 5.41) is 51.6. The minimum absolute atomic E-state index is 0.000420. The summed E-state index contributed by atoms with van der Waals surface area (Å²) in [5.74, 6) is -0.707. The van der Waals surface area contributed by atoms with Gasteiger partial charge in [-0.15, -0.1) is 0 Å². The number of rotatable bonds is 5. The Morgan fingerprint density at radius 1 is 1.50 bits per heavy atom. The molecule has 3 rings (SSSR count). The summed E-state index contributed by atoms with van der Waals surface area (Å²) in [4.78, 5) is 11.6. The van der Waals surface area contributed by atoms with Crippen LogP contribution >= 0.6 is 0 Å². The summed E-state index contributed by atoms with van der Waals surface area (Å²) in [7, 11) is 0. The molecule has 0 radical (unpaired) electrons. The van der Waals surface area contributed by atoms with Crippen molar-refractivity contribution in [1.82, 2.24) is 14.2 Å². The molecule has 3 heterocycles. The number of ether oxygens (including phenoxy) is 2. The Morgan fingerprint density at radius 2 is 2.21 bits per heavy atom. The average molecular weight is 391 g/mol. The van der Waals surface area contributed by atoms with E-state index in [-0.39, 0.29) is 18.1 Å². The summed E-state index contributed by atoms with van der Waals surface area (Å²) in [5.41, 5.74) is -1.31. The van der Waals surface area contributed by atoms with E-state index in [4.69, 9.17) is 14.9 Å². The van der Waals surface area contributed by atoms with Gasteiger partial charge in [0.2, 0.25) is 5.60 Å². The third-order valence-corrected chi connectivity index (χ3v) is 4.70. The second kappa shape index (κ2) is 7.33. The van der Waals surface area contributed by atoms with Crippen molar-refractivity contribution in [2.75, 3.05) is 6.61 Å². The zero-order valence-corrected chi connectivity index (χ0v) is 15.3. The fourth-order valence-electron chi connectivity index (χ4n) is 2.99. The van der Waals surface area contributed by atoms with Crippen LogP contribution in [-0.2, 0) is 21.0 Å². The van der Waals surface area contributed by atoms with E-state index in [0.29, 0.717) is 11.2 Å². The zero-order valence-electron chi connectivity index (χ0n) is 15.3. The van der Waals surface area contributed by atoms with Crippen LogP contribution in [-0.4, -0.2) is 59.9 Å². The van der Waals surface area contributed by atoms with Gasteiger partial charge >= 0.3 is 5.97 Å². The molecule has 0 aromatic carbocycles. The van der Waals surface area contributed by atoms with Crippen LogP contribution in [0.25, 0.3) is 5.52 Å². The first kappa shape index (κ1) is 20.0. The number of nitriles is 1. The van der Waals surface area contributed by atoms with Crippen LogP contribution in [0.4, 0.5) is 0 Å². The van der Waals surface area contributed by atoms with E-state index in [9.17, 15) is 25.4 Å². The first-order valence-electron chi connectivity index (χ1n) is 8.60. The van der Waals surface area contributed by atoms with Gasteiger partial charge < -0.3 is 24.8 Å². The highest BCUT2D eigenvalue weighted by Gasteiger charge is 2.55. The maximum Gasteiger partial charge on any atom is 0.310 e. The smallest absolute Gasteiger partial charge is 0.310 e. The Hall–Kier alpha value is -2.78. The van der Waals surface area contributed by atoms with Gasteiger partial charge in [0.25, 0.3) is 0 Å². The predicted octanol–water partition coefficient (Wildman–Crippen LogP) is -1.18. The number of nitrogens with zero attached hydrogens (tertiary/aromatic N) is 4. The van der Waals surface area contributed by atoms with E-state index < -0.39 is 36.5 Å². The summed E-state index contributed by atoms with van der Waals surface area (Å²) in [6.45, 7) is 2.43. The molecule has 0 saturated carbocycles. The highest BCUT2D eigenvalue weighted by molar-refractivity contribution is 5.71. The van der Waals surface area contributed by atoms with Crippen LogP contribution < -0.4 is 5.49 Å². The maximum absolute atomic E-state index is 11.6. The third-order valence-electron chi connectivity index (χ3n) is 4.70. The maximum atomic E-state index is 11.6. The van der Waals surface area contributed by atoms with Gasteiger partial charge in [0.15, 0.2) is 12.2 Å². The molecule has 0 amide bonds. The molecule has 1 saturated heterocycles. The standard InChI is InChI=1S/C17H21N5O6/c1-9(2)16(26)27-8-21-7-20-22-10(3-4-11(22)15(21)19)13-12(24)14(25)17(5-18,6-23)28-13/h3-4,7,9,12-14,19,23-25H,6,8H2,1-2H3/t12-,13-,14-,17+/m0/s1. The van der Waals surface area contributed by atoms with Crippen molar-refractivity contribution in [3.63, 3.8) is 0 Å². The molecule has 11 nitrogen and oxygen atoms in total. The van der Waals surface area contributed by atoms with Crippen molar-refractivity contribution in [2.24, 2.45) is 5.92 Å². The lowest BCUT2D eigenvalue weighted by molar-refractivity contribution is -0.151. The topological polar surface area (TPSA) is 166 Å². The van der Waals surface area contributed by atoms with E-state index in [1.54, 1.807) is 26.0 Å². The van der Waals surface area contributed by atoms with Crippen LogP contribution in [0.5, 0.6) is 0 Å².